The molecule has 0 bridgehead atoms. The monoisotopic (exact) mass is 261 g/mol. The molecule has 0 heterocycles. The maximum atomic E-state index is 9.46. The zero-order valence-corrected chi connectivity index (χ0v) is 11.0. The van der Waals surface area contributed by atoms with Crippen LogP contribution in [-0.4, -0.2) is 5.11 Å². The molecule has 0 aliphatic heterocycles. The molecular formula is C15H16ClNO. The van der Waals surface area contributed by atoms with Gasteiger partial charge in [0.1, 0.15) is 5.75 Å². The van der Waals surface area contributed by atoms with E-state index < -0.39 is 5.54 Å². The summed E-state index contributed by atoms with van der Waals surface area (Å²) in [6.45, 7) is 1.97. The summed E-state index contributed by atoms with van der Waals surface area (Å²) < 4.78 is 0. The van der Waals surface area contributed by atoms with Gasteiger partial charge in [0.15, 0.2) is 0 Å². The topological polar surface area (TPSA) is 46.2 Å². The number of phenols is 1. The van der Waals surface area contributed by atoms with E-state index in [9.17, 15) is 5.11 Å². The number of nitrogens with two attached hydrogens (primary N) is 1. The van der Waals surface area contributed by atoms with Crippen molar-refractivity contribution in [1.29, 1.82) is 0 Å². The summed E-state index contributed by atoms with van der Waals surface area (Å²) in [6, 6.07) is 14.7. The van der Waals surface area contributed by atoms with Crippen molar-refractivity contribution < 1.29 is 5.11 Å². The second kappa shape index (κ2) is 5.01. The predicted molar refractivity (Wildman–Crippen MR) is 74.8 cm³/mol. The molecule has 0 fully saturated rings. The van der Waals surface area contributed by atoms with Crippen LogP contribution in [0.5, 0.6) is 5.75 Å². The molecule has 2 aromatic carbocycles. The summed E-state index contributed by atoms with van der Waals surface area (Å²) in [4.78, 5) is 0. The maximum Gasteiger partial charge on any atom is 0.115 e. The number of halogens is 1. The quantitative estimate of drug-likeness (QED) is 0.889. The number of hydrogen-bond donors (Lipinski definition) is 2. The average molecular weight is 262 g/mol. The fourth-order valence-electron chi connectivity index (χ4n) is 2.02. The van der Waals surface area contributed by atoms with E-state index in [1.54, 1.807) is 12.1 Å². The Morgan fingerprint density at radius 1 is 1.17 bits per heavy atom. The van der Waals surface area contributed by atoms with Crippen molar-refractivity contribution in [3.63, 3.8) is 0 Å². The zero-order valence-electron chi connectivity index (χ0n) is 10.2. The van der Waals surface area contributed by atoms with Crippen molar-refractivity contribution in [3.8, 4) is 5.75 Å². The van der Waals surface area contributed by atoms with Crippen molar-refractivity contribution >= 4 is 11.6 Å². The molecular weight excluding hydrogens is 246 g/mol. The fourth-order valence-corrected chi connectivity index (χ4v) is 2.15. The van der Waals surface area contributed by atoms with Crippen molar-refractivity contribution in [3.05, 3.63) is 64.7 Å². The Labute approximate surface area is 112 Å². The lowest BCUT2D eigenvalue weighted by Gasteiger charge is -2.25. The molecule has 2 nitrogen and oxygen atoms in total. The highest BCUT2D eigenvalue weighted by atomic mass is 35.5. The van der Waals surface area contributed by atoms with Crippen molar-refractivity contribution in [2.45, 2.75) is 18.9 Å². The molecule has 0 aromatic heterocycles. The fraction of sp³-hybridized carbons (Fsp3) is 0.200. The van der Waals surface area contributed by atoms with E-state index in [1.165, 1.54) is 0 Å². The van der Waals surface area contributed by atoms with Crippen LogP contribution in [0.2, 0.25) is 5.02 Å². The van der Waals surface area contributed by atoms with Crippen LogP contribution in [0.25, 0.3) is 0 Å². The van der Waals surface area contributed by atoms with Crippen LogP contribution >= 0.6 is 11.6 Å². The molecule has 0 amide bonds. The molecule has 94 valence electrons. The van der Waals surface area contributed by atoms with Gasteiger partial charge in [-0.15, -0.1) is 0 Å². The Morgan fingerprint density at radius 2 is 1.83 bits per heavy atom. The van der Waals surface area contributed by atoms with Gasteiger partial charge in [0.2, 0.25) is 0 Å². The molecule has 2 rings (SSSR count). The highest BCUT2D eigenvalue weighted by Crippen LogP contribution is 2.25. The summed E-state index contributed by atoms with van der Waals surface area (Å²) in [6.07, 6.45) is 0.656. The number of phenolic OH excluding ortho intramolecular Hbond substituents is 1. The maximum absolute atomic E-state index is 9.46. The Morgan fingerprint density at radius 3 is 2.44 bits per heavy atom. The van der Waals surface area contributed by atoms with Crippen molar-refractivity contribution in [1.82, 2.24) is 0 Å². The molecule has 0 radical (unpaired) electrons. The van der Waals surface area contributed by atoms with Gasteiger partial charge in [0.25, 0.3) is 0 Å². The van der Waals surface area contributed by atoms with Crippen molar-refractivity contribution in [2.24, 2.45) is 5.73 Å². The molecule has 3 heteroatoms. The summed E-state index contributed by atoms with van der Waals surface area (Å²) in [5, 5.41) is 10.2. The Kier molecular flexibility index (Phi) is 3.60. The third-order valence-electron chi connectivity index (χ3n) is 2.99. The zero-order chi connectivity index (χ0) is 13.2. The minimum Gasteiger partial charge on any atom is -0.508 e. The van der Waals surface area contributed by atoms with Gasteiger partial charge in [-0.25, -0.2) is 0 Å². The minimum absolute atomic E-state index is 0.263. The van der Waals surface area contributed by atoms with E-state index in [1.807, 2.05) is 43.3 Å². The van der Waals surface area contributed by atoms with Crippen LogP contribution in [-0.2, 0) is 12.0 Å². The van der Waals surface area contributed by atoms with E-state index in [-0.39, 0.29) is 5.75 Å². The van der Waals surface area contributed by atoms with Gasteiger partial charge in [0, 0.05) is 10.6 Å². The largest absolute Gasteiger partial charge is 0.508 e. The van der Waals surface area contributed by atoms with Gasteiger partial charge in [-0.05, 0) is 48.7 Å². The number of rotatable bonds is 3. The number of aromatic hydroxyl groups is 1. The van der Waals surface area contributed by atoms with E-state index in [0.717, 1.165) is 11.1 Å². The second-order valence-corrected chi connectivity index (χ2v) is 5.21. The first kappa shape index (κ1) is 12.9. The van der Waals surface area contributed by atoms with Gasteiger partial charge in [-0.1, -0.05) is 35.9 Å². The van der Waals surface area contributed by atoms with Gasteiger partial charge < -0.3 is 10.8 Å². The van der Waals surface area contributed by atoms with E-state index in [4.69, 9.17) is 17.3 Å². The first-order valence-electron chi connectivity index (χ1n) is 5.80. The Bertz CT molecular complexity index is 534. The van der Waals surface area contributed by atoms with Gasteiger partial charge >= 0.3 is 0 Å². The molecule has 1 atom stereocenters. The molecule has 0 aliphatic carbocycles. The molecule has 18 heavy (non-hydrogen) atoms. The van der Waals surface area contributed by atoms with Crippen LogP contribution in [0.3, 0.4) is 0 Å². The Hall–Kier alpha value is -1.51. The van der Waals surface area contributed by atoms with E-state index in [2.05, 4.69) is 0 Å². The lowest BCUT2D eigenvalue weighted by atomic mass is 9.86. The molecule has 2 aromatic rings. The van der Waals surface area contributed by atoms with Crippen LogP contribution in [0.1, 0.15) is 18.1 Å². The van der Waals surface area contributed by atoms with Gasteiger partial charge in [0.05, 0.1) is 0 Å². The normalized spacial score (nSPS) is 14.2. The summed E-state index contributed by atoms with van der Waals surface area (Å²) in [7, 11) is 0. The molecule has 0 saturated heterocycles. The third kappa shape index (κ3) is 3.03. The third-order valence-corrected chi connectivity index (χ3v) is 3.24. The smallest absolute Gasteiger partial charge is 0.115 e. The lowest BCUT2D eigenvalue weighted by molar-refractivity contribution is 0.468. The summed E-state index contributed by atoms with van der Waals surface area (Å²) >= 11 is 5.87. The van der Waals surface area contributed by atoms with Crippen LogP contribution < -0.4 is 5.73 Å². The van der Waals surface area contributed by atoms with E-state index in [0.29, 0.717) is 11.4 Å². The van der Waals surface area contributed by atoms with Crippen LogP contribution in [0, 0.1) is 0 Å². The molecule has 1 unspecified atom stereocenters. The van der Waals surface area contributed by atoms with Crippen molar-refractivity contribution in [2.75, 3.05) is 0 Å². The molecule has 3 N–H and O–H groups in total. The molecule has 0 spiro atoms. The number of benzene rings is 2. The SMILES string of the molecule is CC(N)(Cc1cccc(O)c1)c1ccc(Cl)cc1. The molecule has 0 aliphatic rings. The number of hydrogen-bond acceptors (Lipinski definition) is 2. The second-order valence-electron chi connectivity index (χ2n) is 4.77. The highest BCUT2D eigenvalue weighted by Gasteiger charge is 2.21. The predicted octanol–water partition coefficient (Wildman–Crippen LogP) is 3.46. The van der Waals surface area contributed by atoms with E-state index >= 15 is 0 Å². The first-order valence-corrected chi connectivity index (χ1v) is 6.18. The van der Waals surface area contributed by atoms with Crippen LogP contribution in [0.4, 0.5) is 0 Å². The lowest BCUT2D eigenvalue weighted by Crippen LogP contribution is -2.35. The molecule has 0 saturated carbocycles. The highest BCUT2D eigenvalue weighted by molar-refractivity contribution is 6.30. The average Bonchev–Trinajstić information content (AvgIpc) is 2.29. The van der Waals surface area contributed by atoms with Gasteiger partial charge in [-0.2, -0.15) is 0 Å². The van der Waals surface area contributed by atoms with Gasteiger partial charge in [-0.3, -0.25) is 0 Å². The standard InChI is InChI=1S/C15H16ClNO/c1-15(17,12-5-7-13(16)8-6-12)10-11-3-2-4-14(18)9-11/h2-9,18H,10,17H2,1H3. The Balaban J connectivity index is 2.23. The first-order chi connectivity index (χ1) is 8.47. The summed E-state index contributed by atoms with van der Waals surface area (Å²) in [5.74, 6) is 0.263. The summed E-state index contributed by atoms with van der Waals surface area (Å²) in [5.41, 5.74) is 7.89. The minimum atomic E-state index is -0.488. The van der Waals surface area contributed by atoms with Crippen LogP contribution in [0.15, 0.2) is 48.5 Å².